The number of fused-ring (bicyclic) bond motifs is 5. The Hall–Kier alpha value is -12.1. The third kappa shape index (κ3) is 9.16. The highest BCUT2D eigenvalue weighted by molar-refractivity contribution is 6.14. The molecule has 2 aliphatic heterocycles. The van der Waals surface area contributed by atoms with Crippen LogP contribution in [0.4, 0.5) is 28.4 Å². The van der Waals surface area contributed by atoms with Gasteiger partial charge < -0.3 is 9.80 Å². The van der Waals surface area contributed by atoms with Crippen LogP contribution in [0.15, 0.2) is 370 Å². The first-order chi connectivity index (χ1) is 47.4. The van der Waals surface area contributed by atoms with Crippen LogP contribution in [0, 0.1) is 13.8 Å². The first kappa shape index (κ1) is 58.9. The Morgan fingerprint density at radius 1 is 0.396 bits per heavy atom. The summed E-state index contributed by atoms with van der Waals surface area (Å²) < 4.78 is 2.34. The van der Waals surface area contributed by atoms with Crippen molar-refractivity contribution in [1.82, 2.24) is 9.55 Å². The van der Waals surface area contributed by atoms with Crippen molar-refractivity contribution in [2.75, 3.05) is 9.80 Å². The largest absolute Gasteiger partial charge is 0.313 e. The summed E-state index contributed by atoms with van der Waals surface area (Å²) in [5, 5.41) is 2.23. The standard InChI is InChI=1S/C92H70N4/c1-6-8-56-81-64(4)94(70-45-24-13-25-46-70)88-76(53-33-58-83(88)91(81,66-37-16-9-17-38-66)67-39-18-10-19-40-67)73(36-7-2)79-62-80-74(51-32-52-75(80)87(63(79)3)78-55-35-60-85-90(78)95(65(5)93-85)71-47-26-14-27-48-71)77-54-34-59-84-89(77)96(72-49-28-15-29-50-72)86-61-31-30-57-82(86)92(84,68-41-20-11-21-42-68)69-43-22-12-23-44-69/h6-62H,1-2H2,3-5H3/b56-8-,73-36-. The van der Waals surface area contributed by atoms with Gasteiger partial charge in [0.15, 0.2) is 0 Å². The fourth-order valence-electron chi connectivity index (χ4n) is 16.2. The molecule has 0 aliphatic carbocycles. The van der Waals surface area contributed by atoms with Crippen LogP contribution in [-0.4, -0.2) is 9.55 Å². The van der Waals surface area contributed by atoms with E-state index in [0.29, 0.717) is 0 Å². The SMILES string of the molecule is C=C/C=C\C1=C(C)N(c2ccccc2)c2c(/C(=C/C=C)c3cc4c(-c5cccc6c5N(c5ccccc5)c5ccccc5C6(c5ccccc5)c5ccccc5)cccc4c(-c4cccc5nc(C)n(-c6ccccc6)c45)c3C)cccc2C1(c1ccccc1)c1ccccc1. The summed E-state index contributed by atoms with van der Waals surface area (Å²) in [6.45, 7) is 15.6. The van der Waals surface area contributed by atoms with Crippen LogP contribution in [0.5, 0.6) is 0 Å². The number of benzene rings is 13. The zero-order valence-corrected chi connectivity index (χ0v) is 54.1. The molecular formula is C92H70N4. The van der Waals surface area contributed by atoms with E-state index in [9.17, 15) is 0 Å². The number of allylic oxidation sites excluding steroid dienone is 7. The summed E-state index contributed by atoms with van der Waals surface area (Å²) >= 11 is 0. The summed E-state index contributed by atoms with van der Waals surface area (Å²) in [6.07, 6.45) is 10.5. The summed E-state index contributed by atoms with van der Waals surface area (Å²) in [6, 6.07) is 116. The number of aryl methyl sites for hydroxylation is 1. The van der Waals surface area contributed by atoms with Crippen molar-refractivity contribution < 1.29 is 0 Å². The van der Waals surface area contributed by atoms with E-state index in [1.54, 1.807) is 0 Å². The maximum atomic E-state index is 5.35. The highest BCUT2D eigenvalue weighted by Crippen LogP contribution is 2.62. The van der Waals surface area contributed by atoms with E-state index in [1.807, 2.05) is 12.2 Å². The Labute approximate surface area is 563 Å². The van der Waals surface area contributed by atoms with E-state index in [1.165, 1.54) is 22.3 Å². The average molecular weight is 1230 g/mol. The quantitative estimate of drug-likeness (QED) is 0.101. The van der Waals surface area contributed by atoms with Crippen LogP contribution in [0.25, 0.3) is 55.3 Å². The summed E-state index contributed by atoms with van der Waals surface area (Å²) in [5.74, 6) is 0.912. The number of anilines is 5. The number of hydrogen-bond donors (Lipinski definition) is 0. The second-order valence-corrected chi connectivity index (χ2v) is 25.0. The Morgan fingerprint density at radius 3 is 1.47 bits per heavy atom. The van der Waals surface area contributed by atoms with E-state index in [4.69, 9.17) is 4.98 Å². The van der Waals surface area contributed by atoms with Crippen molar-refractivity contribution in [2.24, 2.45) is 0 Å². The summed E-state index contributed by atoms with van der Waals surface area (Å²) in [5.41, 5.74) is 26.2. The normalized spacial score (nSPS) is 14.0. The minimum absolute atomic E-state index is 0.726. The number of nitrogens with zero attached hydrogens (tertiary/aromatic N) is 4. The molecule has 0 N–H and O–H groups in total. The third-order valence-corrected chi connectivity index (χ3v) is 20.0. The second-order valence-electron chi connectivity index (χ2n) is 25.0. The van der Waals surface area contributed by atoms with Crippen LogP contribution in [0.2, 0.25) is 0 Å². The van der Waals surface area contributed by atoms with Crippen LogP contribution >= 0.6 is 0 Å². The van der Waals surface area contributed by atoms with Gasteiger partial charge in [-0.05, 0) is 158 Å². The van der Waals surface area contributed by atoms with E-state index >= 15 is 0 Å². The Kier molecular flexibility index (Phi) is 15.0. The lowest BCUT2D eigenvalue weighted by Gasteiger charge is -2.47. The molecule has 0 fully saturated rings. The third-order valence-electron chi connectivity index (χ3n) is 20.0. The second kappa shape index (κ2) is 24.4. The van der Waals surface area contributed by atoms with Crippen molar-refractivity contribution in [2.45, 2.75) is 31.6 Å². The molecule has 0 saturated heterocycles. The maximum Gasteiger partial charge on any atom is 0.111 e. The molecule has 458 valence electrons. The van der Waals surface area contributed by atoms with E-state index in [2.05, 4.69) is 382 Å². The molecule has 2 aliphatic rings. The van der Waals surface area contributed by atoms with E-state index in [0.717, 1.165) is 134 Å². The first-order valence-electron chi connectivity index (χ1n) is 33.1. The van der Waals surface area contributed by atoms with E-state index in [-0.39, 0.29) is 0 Å². The molecular weight excluding hydrogens is 1160 g/mol. The van der Waals surface area contributed by atoms with Crippen LogP contribution in [0.1, 0.15) is 68.4 Å². The zero-order chi connectivity index (χ0) is 64.9. The average Bonchev–Trinajstić information content (AvgIpc) is 0.812. The minimum Gasteiger partial charge on any atom is -0.313 e. The highest BCUT2D eigenvalue weighted by atomic mass is 15.2. The number of rotatable bonds is 14. The predicted molar refractivity (Wildman–Crippen MR) is 403 cm³/mol. The van der Waals surface area contributed by atoms with Gasteiger partial charge in [0.2, 0.25) is 0 Å². The molecule has 0 spiro atoms. The van der Waals surface area contributed by atoms with Gasteiger partial charge in [-0.15, -0.1) is 0 Å². The molecule has 0 amide bonds. The Bertz CT molecular complexity index is 5320. The number of para-hydroxylation sites is 7. The molecule has 1 aromatic heterocycles. The van der Waals surface area contributed by atoms with E-state index < -0.39 is 10.8 Å². The Balaban J connectivity index is 1.06. The smallest absolute Gasteiger partial charge is 0.111 e. The van der Waals surface area contributed by atoms with Gasteiger partial charge in [0.1, 0.15) is 5.82 Å². The van der Waals surface area contributed by atoms with Crippen molar-refractivity contribution in [1.29, 1.82) is 0 Å². The molecule has 0 atom stereocenters. The summed E-state index contributed by atoms with van der Waals surface area (Å²) in [4.78, 5) is 10.4. The molecule has 0 bridgehead atoms. The molecule has 4 nitrogen and oxygen atoms in total. The molecule has 0 radical (unpaired) electrons. The lowest BCUT2D eigenvalue weighted by Crippen LogP contribution is -2.40. The van der Waals surface area contributed by atoms with Crippen LogP contribution in [0.3, 0.4) is 0 Å². The van der Waals surface area contributed by atoms with Crippen molar-refractivity contribution >= 4 is 55.8 Å². The molecule has 16 rings (SSSR count). The van der Waals surface area contributed by atoms with Gasteiger partial charge in [-0.3, -0.25) is 4.57 Å². The van der Waals surface area contributed by atoms with Gasteiger partial charge in [0, 0.05) is 39.4 Å². The topological polar surface area (TPSA) is 24.3 Å². The molecule has 13 aromatic carbocycles. The van der Waals surface area contributed by atoms with Gasteiger partial charge in [-0.2, -0.15) is 0 Å². The van der Waals surface area contributed by atoms with Crippen molar-refractivity contribution in [3.05, 3.63) is 432 Å². The molecule has 4 heteroatoms. The predicted octanol–water partition coefficient (Wildman–Crippen LogP) is 23.4. The van der Waals surface area contributed by atoms with Crippen LogP contribution in [-0.2, 0) is 10.8 Å². The van der Waals surface area contributed by atoms with Crippen molar-refractivity contribution in [3.63, 3.8) is 0 Å². The van der Waals surface area contributed by atoms with Gasteiger partial charge in [0.25, 0.3) is 0 Å². The fourth-order valence-corrected chi connectivity index (χ4v) is 16.2. The maximum absolute atomic E-state index is 5.35. The van der Waals surface area contributed by atoms with Gasteiger partial charge >= 0.3 is 0 Å². The Morgan fingerprint density at radius 2 is 0.875 bits per heavy atom. The fraction of sp³-hybridized carbons (Fsp3) is 0.0543. The first-order valence-corrected chi connectivity index (χ1v) is 33.1. The van der Waals surface area contributed by atoms with Crippen LogP contribution < -0.4 is 9.80 Å². The van der Waals surface area contributed by atoms with Gasteiger partial charge in [-0.25, -0.2) is 4.98 Å². The molecule has 96 heavy (non-hydrogen) atoms. The number of hydrogen-bond acceptors (Lipinski definition) is 3. The molecule has 0 saturated carbocycles. The number of aromatic nitrogens is 2. The van der Waals surface area contributed by atoms with Gasteiger partial charge in [-0.1, -0.05) is 304 Å². The highest BCUT2D eigenvalue weighted by Gasteiger charge is 2.49. The molecule has 14 aromatic rings. The monoisotopic (exact) mass is 1230 g/mol. The van der Waals surface area contributed by atoms with Crippen molar-refractivity contribution in [3.8, 4) is 27.9 Å². The molecule has 3 heterocycles. The molecule has 0 unspecified atom stereocenters. The van der Waals surface area contributed by atoms with Gasteiger partial charge in [0.05, 0.1) is 38.9 Å². The lowest BCUT2D eigenvalue weighted by molar-refractivity contribution is 0.711. The minimum atomic E-state index is -0.785. The number of imidazole rings is 1. The summed E-state index contributed by atoms with van der Waals surface area (Å²) in [7, 11) is 0. The zero-order valence-electron chi connectivity index (χ0n) is 54.1. The lowest BCUT2D eigenvalue weighted by atomic mass is 9.61.